The largest absolute Gasteiger partial charge is 0.494 e. The van der Waals surface area contributed by atoms with Crippen molar-refractivity contribution in [1.29, 1.82) is 0 Å². The van der Waals surface area contributed by atoms with Crippen LogP contribution in [0.4, 0.5) is 15.6 Å². The van der Waals surface area contributed by atoms with E-state index in [1.807, 2.05) is 66.7 Å². The second-order valence-electron chi connectivity index (χ2n) is 20.9. The summed E-state index contributed by atoms with van der Waals surface area (Å²) in [5.41, 5.74) is 4.74. The van der Waals surface area contributed by atoms with E-state index in [0.29, 0.717) is 124 Å². The first kappa shape index (κ1) is 63.3. The smallest absolute Gasteiger partial charge is 0.325 e. The van der Waals surface area contributed by atoms with E-state index in [-0.39, 0.29) is 36.6 Å². The number of likely N-dealkylation sites (N-methyl/N-ethyl adjacent to an activating group) is 2. The number of hydrogen-bond acceptors (Lipinski definition) is 15. The Kier molecular flexibility index (Phi) is 25.4. The number of carbonyl (C=O) groups is 4. The lowest BCUT2D eigenvalue weighted by atomic mass is 10.0. The van der Waals surface area contributed by atoms with Crippen molar-refractivity contribution in [2.75, 3.05) is 117 Å². The molecule has 1 atom stereocenters. The molecule has 1 unspecified atom stereocenters. The fraction of sp³-hybridized carbons (Fsp3) is 0.459. The number of rotatable bonds is 35. The molecule has 6 aromatic rings. The number of anilines is 2. The van der Waals surface area contributed by atoms with Gasteiger partial charge in [-0.3, -0.25) is 19.7 Å². The van der Waals surface area contributed by atoms with E-state index in [1.54, 1.807) is 63.5 Å². The first-order chi connectivity index (χ1) is 40.9. The Bertz CT molecular complexity index is 2960. The van der Waals surface area contributed by atoms with Gasteiger partial charge in [0.2, 0.25) is 17.7 Å². The van der Waals surface area contributed by atoms with E-state index >= 15 is 0 Å². The van der Waals surface area contributed by atoms with Gasteiger partial charge in [0, 0.05) is 85.5 Å². The van der Waals surface area contributed by atoms with Crippen LogP contribution >= 0.6 is 34.5 Å². The number of carbonyl (C=O) groups excluding carboxylic acids is 4. The zero-order chi connectivity index (χ0) is 58.9. The van der Waals surface area contributed by atoms with Crippen molar-refractivity contribution in [1.82, 2.24) is 44.9 Å². The SMILES string of the molecule is CN(CCCCOc1ccc(CCC(=O)N(C2CC2)C(C(=O)NCc2ccc(Cl)cc2)c2ccc(Cl)cc2)cc1)CCOCCOCCc1cn(CCOCCOc2ccc(NC(=O)Nc3nc(CC(=O)N4CCN(C)CC4)cs3)cc2)nn1. The Morgan fingerprint density at radius 2 is 1.36 bits per heavy atom. The summed E-state index contributed by atoms with van der Waals surface area (Å²) in [5, 5.41) is 20.4. The fourth-order valence-corrected chi connectivity index (χ4v) is 10.2. The second kappa shape index (κ2) is 33.7. The number of amides is 5. The van der Waals surface area contributed by atoms with Crippen molar-refractivity contribution in [3.05, 3.63) is 147 Å². The van der Waals surface area contributed by atoms with Crippen molar-refractivity contribution >= 4 is 69.1 Å². The average molecular weight is 1210 g/mol. The molecule has 84 heavy (non-hydrogen) atoms. The minimum Gasteiger partial charge on any atom is -0.494 e. The predicted octanol–water partition coefficient (Wildman–Crippen LogP) is 8.45. The summed E-state index contributed by atoms with van der Waals surface area (Å²) in [6.07, 6.45) is 7.20. The lowest BCUT2D eigenvalue weighted by Gasteiger charge is -2.32. The zero-order valence-corrected chi connectivity index (χ0v) is 50.3. The molecule has 8 rings (SSSR count). The molecule has 3 heterocycles. The number of halogens is 2. The molecule has 0 bridgehead atoms. The number of aromatic nitrogens is 4. The number of aryl methyl sites for hydroxylation is 1. The van der Waals surface area contributed by atoms with Crippen LogP contribution in [0.15, 0.2) is 109 Å². The van der Waals surface area contributed by atoms with Crippen LogP contribution in [-0.4, -0.2) is 176 Å². The molecule has 2 aromatic heterocycles. The molecule has 0 spiro atoms. The third-order valence-corrected chi connectivity index (χ3v) is 15.5. The minimum atomic E-state index is -0.773. The fourth-order valence-electron chi connectivity index (χ4n) is 9.22. The molecule has 450 valence electrons. The van der Waals surface area contributed by atoms with E-state index < -0.39 is 12.1 Å². The van der Waals surface area contributed by atoms with Gasteiger partial charge >= 0.3 is 6.03 Å². The molecule has 1 aliphatic heterocycles. The molecule has 5 amide bonds. The summed E-state index contributed by atoms with van der Waals surface area (Å²) in [6.45, 7) is 9.73. The van der Waals surface area contributed by atoms with E-state index in [4.69, 9.17) is 46.9 Å². The molecule has 23 heteroatoms. The summed E-state index contributed by atoms with van der Waals surface area (Å²) in [4.78, 5) is 65.5. The number of unbranched alkanes of at least 4 members (excludes halogenated alkanes) is 1. The predicted molar refractivity (Wildman–Crippen MR) is 325 cm³/mol. The number of thiazole rings is 1. The van der Waals surface area contributed by atoms with Crippen molar-refractivity contribution in [3.8, 4) is 11.5 Å². The highest BCUT2D eigenvalue weighted by Crippen LogP contribution is 2.36. The van der Waals surface area contributed by atoms with Crippen molar-refractivity contribution in [3.63, 3.8) is 0 Å². The standard InChI is InChI=1S/C61H77Cl2N11O9S/c1-70(26-3-4-33-82-54-20-7-45(8-21-54)9-24-56(75)74(53-18-19-53)58(47-10-14-49(63)15-11-47)59(77)64-42-46-5-12-48(62)13-6-46)31-35-80-38-37-79-34-25-51-43-73(69-68-51)32-36-81-39-40-83-55-22-16-50(17-23-55)65-60(78)67-61-66-52(44-84-61)41-57(76)72-29-27-71(2)28-30-72/h5-8,10-17,20-23,43-44,53,58H,3-4,9,18-19,24-42H2,1-2H3,(H,64,77)(H2,65,66,67,78). The topological polar surface area (TPSA) is 207 Å². The number of urea groups is 1. The van der Waals surface area contributed by atoms with Crippen molar-refractivity contribution in [2.45, 2.75) is 76.5 Å². The Morgan fingerprint density at radius 3 is 2.08 bits per heavy atom. The van der Waals surface area contributed by atoms with Gasteiger partial charge in [0.05, 0.1) is 70.6 Å². The molecular formula is C61H77Cl2N11O9S. The van der Waals surface area contributed by atoms with Gasteiger partial charge in [0.25, 0.3) is 0 Å². The van der Waals surface area contributed by atoms with Crippen LogP contribution in [0.3, 0.4) is 0 Å². The normalized spacial score (nSPS) is 13.8. The quantitative estimate of drug-likeness (QED) is 0.0320. The number of nitrogens with zero attached hydrogens (tertiary/aromatic N) is 8. The molecule has 1 saturated carbocycles. The first-order valence-corrected chi connectivity index (χ1v) is 30.4. The molecule has 1 saturated heterocycles. The number of benzene rings is 4. The number of piperazine rings is 1. The monoisotopic (exact) mass is 1210 g/mol. The zero-order valence-electron chi connectivity index (χ0n) is 47.9. The van der Waals surface area contributed by atoms with Crippen LogP contribution in [0.25, 0.3) is 0 Å². The summed E-state index contributed by atoms with van der Waals surface area (Å²) >= 11 is 13.6. The maximum atomic E-state index is 13.9. The van der Waals surface area contributed by atoms with Gasteiger partial charge in [0.15, 0.2) is 5.13 Å². The van der Waals surface area contributed by atoms with Gasteiger partial charge in [-0.2, -0.15) is 0 Å². The van der Waals surface area contributed by atoms with Crippen LogP contribution in [0, 0.1) is 0 Å². The highest BCUT2D eigenvalue weighted by atomic mass is 35.5. The maximum Gasteiger partial charge on any atom is 0.325 e. The van der Waals surface area contributed by atoms with Crippen LogP contribution in [0.1, 0.15) is 66.2 Å². The molecule has 20 nitrogen and oxygen atoms in total. The number of hydrogen-bond donors (Lipinski definition) is 3. The van der Waals surface area contributed by atoms with Crippen LogP contribution < -0.4 is 25.4 Å². The lowest BCUT2D eigenvalue weighted by Crippen LogP contribution is -2.47. The van der Waals surface area contributed by atoms with Gasteiger partial charge in [-0.25, -0.2) is 14.5 Å². The molecule has 1 aliphatic carbocycles. The maximum absolute atomic E-state index is 13.9. The number of ether oxygens (including phenoxy) is 5. The third kappa shape index (κ3) is 21.7. The molecular weight excluding hydrogens is 1130 g/mol. The Labute approximate surface area is 506 Å². The molecule has 0 radical (unpaired) electrons. The van der Waals surface area contributed by atoms with Crippen molar-refractivity contribution in [2.24, 2.45) is 0 Å². The summed E-state index contributed by atoms with van der Waals surface area (Å²) in [6, 6.07) is 28.3. The molecule has 3 N–H and O–H groups in total. The van der Waals surface area contributed by atoms with Gasteiger partial charge in [-0.1, -0.05) is 64.8 Å². The van der Waals surface area contributed by atoms with E-state index in [2.05, 4.69) is 48.1 Å². The van der Waals surface area contributed by atoms with Gasteiger partial charge in [-0.15, -0.1) is 16.4 Å². The van der Waals surface area contributed by atoms with Crippen LogP contribution in [0.2, 0.25) is 10.0 Å². The Morgan fingerprint density at radius 1 is 0.702 bits per heavy atom. The Balaban J connectivity index is 0.600. The molecule has 4 aromatic carbocycles. The van der Waals surface area contributed by atoms with E-state index in [9.17, 15) is 19.2 Å². The Hall–Kier alpha value is -6.69. The lowest BCUT2D eigenvalue weighted by molar-refractivity contribution is -0.141. The summed E-state index contributed by atoms with van der Waals surface area (Å²) in [7, 11) is 4.14. The molecule has 2 aliphatic rings. The molecule has 2 fully saturated rings. The highest BCUT2D eigenvalue weighted by molar-refractivity contribution is 7.14. The third-order valence-electron chi connectivity index (χ3n) is 14.2. The first-order valence-electron chi connectivity index (χ1n) is 28.7. The minimum absolute atomic E-state index is 0.00910. The van der Waals surface area contributed by atoms with Crippen LogP contribution in [-0.2, 0) is 60.9 Å². The van der Waals surface area contributed by atoms with E-state index in [0.717, 1.165) is 80.0 Å². The highest BCUT2D eigenvalue weighted by Gasteiger charge is 2.41. The van der Waals surface area contributed by atoms with Crippen molar-refractivity contribution < 1.29 is 42.9 Å². The summed E-state index contributed by atoms with van der Waals surface area (Å²) in [5.74, 6) is 1.19. The van der Waals surface area contributed by atoms with Gasteiger partial charge < -0.3 is 53.9 Å². The van der Waals surface area contributed by atoms with Gasteiger partial charge in [-0.05, 0) is 130 Å². The summed E-state index contributed by atoms with van der Waals surface area (Å²) < 4.78 is 30.9. The van der Waals surface area contributed by atoms with Crippen LogP contribution in [0.5, 0.6) is 11.5 Å². The number of nitrogens with one attached hydrogen (secondary N) is 3. The second-order valence-corrected chi connectivity index (χ2v) is 22.6. The van der Waals surface area contributed by atoms with Gasteiger partial charge in [0.1, 0.15) is 24.1 Å². The average Bonchev–Trinajstić information content (AvgIpc) is 3.80. The van der Waals surface area contributed by atoms with E-state index in [1.165, 1.54) is 11.3 Å².